The van der Waals surface area contributed by atoms with Crippen LogP contribution < -0.4 is 10.9 Å². The Kier molecular flexibility index (Phi) is 4.84. The average molecular weight is 425 g/mol. The minimum absolute atomic E-state index is 0.0881. The van der Waals surface area contributed by atoms with Crippen LogP contribution in [0.5, 0.6) is 0 Å². The highest BCUT2D eigenvalue weighted by molar-refractivity contribution is 7.19. The van der Waals surface area contributed by atoms with Crippen molar-refractivity contribution in [3.8, 4) is 16.4 Å². The number of nitrogens with zero attached hydrogens (tertiary/aromatic N) is 3. The average Bonchev–Trinajstić information content (AvgIpc) is 3.15. The third-order valence-electron chi connectivity index (χ3n) is 5.09. The summed E-state index contributed by atoms with van der Waals surface area (Å²) in [7, 11) is 0. The van der Waals surface area contributed by atoms with Gasteiger partial charge in [-0.3, -0.25) is 9.36 Å². The Bertz CT molecular complexity index is 1440. The van der Waals surface area contributed by atoms with E-state index in [2.05, 4.69) is 5.32 Å². The molecule has 0 radical (unpaired) electrons. The predicted molar refractivity (Wildman–Crippen MR) is 128 cm³/mol. The van der Waals surface area contributed by atoms with Gasteiger partial charge >= 0.3 is 0 Å². The summed E-state index contributed by atoms with van der Waals surface area (Å²) in [6.45, 7) is 3.98. The minimum Gasteiger partial charge on any atom is -0.332 e. The summed E-state index contributed by atoms with van der Waals surface area (Å²) in [5.74, 6) is 0.601. The van der Waals surface area contributed by atoms with Gasteiger partial charge < -0.3 is 5.32 Å². The molecule has 0 aliphatic heterocycles. The molecule has 0 atom stereocenters. The van der Waals surface area contributed by atoms with Gasteiger partial charge in [-0.2, -0.15) is 0 Å². The Labute approximate surface area is 183 Å². The number of rotatable bonds is 4. The molecule has 5 nitrogen and oxygen atoms in total. The second kappa shape index (κ2) is 7.81. The zero-order valence-electron chi connectivity index (χ0n) is 17.2. The summed E-state index contributed by atoms with van der Waals surface area (Å²) in [4.78, 5) is 24.0. The van der Waals surface area contributed by atoms with Crippen LogP contribution in [0.2, 0.25) is 0 Å². The van der Waals surface area contributed by atoms with E-state index in [-0.39, 0.29) is 5.56 Å². The molecule has 0 aliphatic rings. The van der Waals surface area contributed by atoms with Crippen LogP contribution in [0, 0.1) is 13.8 Å². The Hall–Kier alpha value is -3.77. The van der Waals surface area contributed by atoms with Crippen LogP contribution in [0.4, 0.5) is 10.8 Å². The molecule has 3 aromatic carbocycles. The first kappa shape index (κ1) is 19.2. The summed E-state index contributed by atoms with van der Waals surface area (Å²) in [5, 5.41) is 4.70. The lowest BCUT2D eigenvalue weighted by Gasteiger charge is -2.13. The quantitative estimate of drug-likeness (QED) is 0.392. The fourth-order valence-corrected chi connectivity index (χ4v) is 4.49. The van der Waals surface area contributed by atoms with Gasteiger partial charge in [-0.25, -0.2) is 9.97 Å². The third kappa shape index (κ3) is 3.62. The maximum atomic E-state index is 13.5. The predicted octanol–water partition coefficient (Wildman–Crippen LogP) is 5.87. The van der Waals surface area contributed by atoms with E-state index in [1.807, 2.05) is 92.7 Å². The molecule has 6 heteroatoms. The monoisotopic (exact) mass is 424 g/mol. The van der Waals surface area contributed by atoms with Crippen molar-refractivity contribution < 1.29 is 0 Å². The maximum Gasteiger partial charge on any atom is 0.266 e. The summed E-state index contributed by atoms with van der Waals surface area (Å²) in [6, 6.07) is 25.3. The van der Waals surface area contributed by atoms with Gasteiger partial charge in [0.15, 0.2) is 11.0 Å². The zero-order chi connectivity index (χ0) is 21.4. The van der Waals surface area contributed by atoms with Gasteiger partial charge in [0.25, 0.3) is 5.56 Å². The lowest BCUT2D eigenvalue weighted by atomic mass is 10.2. The lowest BCUT2D eigenvalue weighted by molar-refractivity contribution is 0.975. The number of fused-ring (bicyclic) bond motifs is 1. The fraction of sp³-hybridized carbons (Fsp3) is 0.0800. The molecular weight excluding hydrogens is 404 g/mol. The Morgan fingerprint density at radius 1 is 0.839 bits per heavy atom. The number of nitrogens with one attached hydrogen (secondary N) is 1. The van der Waals surface area contributed by atoms with Gasteiger partial charge in [0.1, 0.15) is 0 Å². The highest BCUT2D eigenvalue weighted by atomic mass is 32.1. The van der Waals surface area contributed by atoms with Gasteiger partial charge in [-0.15, -0.1) is 0 Å². The number of anilines is 2. The number of aryl methyl sites for hydroxylation is 2. The molecule has 0 saturated heterocycles. The summed E-state index contributed by atoms with van der Waals surface area (Å²) < 4.78 is 1.69. The van der Waals surface area contributed by atoms with Crippen molar-refractivity contribution in [3.05, 3.63) is 100 Å². The topological polar surface area (TPSA) is 59.8 Å². The number of hydrogen-bond donors (Lipinski definition) is 1. The van der Waals surface area contributed by atoms with Crippen LogP contribution in [0.25, 0.3) is 27.3 Å². The van der Waals surface area contributed by atoms with E-state index in [4.69, 9.17) is 9.97 Å². The molecule has 0 spiro atoms. The number of aromatic nitrogens is 3. The molecular formula is C25H20N4OS. The minimum atomic E-state index is -0.0881. The lowest BCUT2D eigenvalue weighted by Crippen LogP contribution is -2.21. The number of para-hydroxylation sites is 2. The molecule has 31 heavy (non-hydrogen) atoms. The van der Waals surface area contributed by atoms with Crippen LogP contribution in [0.3, 0.4) is 0 Å². The Balaban J connectivity index is 1.72. The van der Waals surface area contributed by atoms with Crippen molar-refractivity contribution in [2.75, 3.05) is 5.32 Å². The van der Waals surface area contributed by atoms with Crippen LogP contribution in [-0.4, -0.2) is 14.5 Å². The molecule has 5 aromatic rings. The molecule has 0 bridgehead atoms. The van der Waals surface area contributed by atoms with Crippen LogP contribution in [0.15, 0.2) is 83.7 Å². The Morgan fingerprint density at radius 2 is 1.55 bits per heavy atom. The SMILES string of the molecule is Cc1ccc(-n2c(-c3sc(Nc4ccccc4)nc3C)nc3ccccc3c2=O)cc1. The van der Waals surface area contributed by atoms with E-state index >= 15 is 0 Å². The first-order valence-corrected chi connectivity index (χ1v) is 10.8. The van der Waals surface area contributed by atoms with E-state index in [1.54, 1.807) is 4.57 Å². The van der Waals surface area contributed by atoms with Crippen molar-refractivity contribution in [2.45, 2.75) is 13.8 Å². The summed E-state index contributed by atoms with van der Waals surface area (Å²) >= 11 is 1.49. The van der Waals surface area contributed by atoms with Crippen molar-refractivity contribution in [1.29, 1.82) is 0 Å². The molecule has 0 aliphatic carbocycles. The van der Waals surface area contributed by atoms with Crippen molar-refractivity contribution in [1.82, 2.24) is 14.5 Å². The van der Waals surface area contributed by atoms with Crippen LogP contribution in [0.1, 0.15) is 11.3 Å². The van der Waals surface area contributed by atoms with Gasteiger partial charge in [0, 0.05) is 5.69 Å². The maximum absolute atomic E-state index is 13.5. The van der Waals surface area contributed by atoms with Crippen LogP contribution in [-0.2, 0) is 0 Å². The van der Waals surface area contributed by atoms with E-state index in [1.165, 1.54) is 11.3 Å². The van der Waals surface area contributed by atoms with Gasteiger partial charge in [0.2, 0.25) is 0 Å². The second-order valence-corrected chi connectivity index (χ2v) is 8.35. The molecule has 2 heterocycles. The van der Waals surface area contributed by atoms with Crippen molar-refractivity contribution >= 4 is 33.1 Å². The Morgan fingerprint density at radius 3 is 2.32 bits per heavy atom. The molecule has 0 saturated carbocycles. The first-order valence-electron chi connectivity index (χ1n) is 9.99. The molecule has 0 fully saturated rings. The number of thiazole rings is 1. The summed E-state index contributed by atoms with van der Waals surface area (Å²) in [6.07, 6.45) is 0. The van der Waals surface area contributed by atoms with Crippen molar-refractivity contribution in [2.24, 2.45) is 0 Å². The highest BCUT2D eigenvalue weighted by Gasteiger charge is 2.19. The standard InChI is InChI=1S/C25H20N4OS/c1-16-12-14-19(15-13-16)29-23(28-21-11-7-6-10-20(21)24(29)30)22-17(2)26-25(31-22)27-18-8-4-3-5-9-18/h3-15H,1-2H3,(H,26,27). The van der Waals surface area contributed by atoms with Gasteiger partial charge in [0.05, 0.1) is 27.2 Å². The molecule has 1 N–H and O–H groups in total. The van der Waals surface area contributed by atoms with E-state index in [0.717, 1.165) is 32.6 Å². The van der Waals surface area contributed by atoms with E-state index < -0.39 is 0 Å². The highest BCUT2D eigenvalue weighted by Crippen LogP contribution is 2.34. The fourth-order valence-electron chi connectivity index (χ4n) is 3.52. The molecule has 0 amide bonds. The third-order valence-corrected chi connectivity index (χ3v) is 6.16. The van der Waals surface area contributed by atoms with Gasteiger partial charge in [-0.05, 0) is 50.2 Å². The molecule has 5 rings (SSSR count). The molecule has 152 valence electrons. The van der Waals surface area contributed by atoms with Gasteiger partial charge in [-0.1, -0.05) is 59.4 Å². The number of benzene rings is 3. The normalized spacial score (nSPS) is 11.0. The smallest absolute Gasteiger partial charge is 0.266 e. The van der Waals surface area contributed by atoms with Crippen LogP contribution >= 0.6 is 11.3 Å². The van der Waals surface area contributed by atoms with E-state index in [0.29, 0.717) is 16.7 Å². The molecule has 0 unspecified atom stereocenters. The first-order chi connectivity index (χ1) is 15.1. The second-order valence-electron chi connectivity index (χ2n) is 7.35. The van der Waals surface area contributed by atoms with Crippen molar-refractivity contribution in [3.63, 3.8) is 0 Å². The molecule has 2 aromatic heterocycles. The summed E-state index contributed by atoms with van der Waals surface area (Å²) in [5.41, 5.74) is 4.30. The number of hydrogen-bond acceptors (Lipinski definition) is 5. The zero-order valence-corrected chi connectivity index (χ0v) is 18.0. The largest absolute Gasteiger partial charge is 0.332 e. The van der Waals surface area contributed by atoms with E-state index in [9.17, 15) is 4.79 Å².